The highest BCUT2D eigenvalue weighted by molar-refractivity contribution is 7.92. The zero-order chi connectivity index (χ0) is 20.9. The number of hydrogen-bond donors (Lipinski definition) is 1. The Balaban J connectivity index is 1.89. The summed E-state index contributed by atoms with van der Waals surface area (Å²) in [6.07, 6.45) is 3.86. The number of nitrogens with one attached hydrogen (secondary N) is 1. The van der Waals surface area contributed by atoms with E-state index in [2.05, 4.69) is 10.5 Å². The maximum Gasteiger partial charge on any atom is 0.264 e. The molecular weight excluding hydrogens is 390 g/mol. The van der Waals surface area contributed by atoms with Crippen LogP contribution >= 0.6 is 0 Å². The summed E-state index contributed by atoms with van der Waals surface area (Å²) in [5.41, 5.74) is 4.76. The Morgan fingerprint density at radius 1 is 1.07 bits per heavy atom. The third-order valence-corrected chi connectivity index (χ3v) is 6.56. The summed E-state index contributed by atoms with van der Waals surface area (Å²) in [6.45, 7) is 1.51. The second-order valence-electron chi connectivity index (χ2n) is 6.94. The SMILES string of the molecule is COc1ccc(N(CC(=O)NN=C2CCCC2)S(=O)(=O)c2ccc(C)cc2)cc1. The fraction of sp³-hybridized carbons (Fsp3) is 0.333. The molecule has 8 heteroatoms. The summed E-state index contributed by atoms with van der Waals surface area (Å²) in [4.78, 5) is 12.6. The fourth-order valence-corrected chi connectivity index (χ4v) is 4.52. The van der Waals surface area contributed by atoms with Gasteiger partial charge in [0.1, 0.15) is 12.3 Å². The predicted molar refractivity (Wildman–Crippen MR) is 113 cm³/mol. The van der Waals surface area contributed by atoms with Crippen molar-refractivity contribution in [1.82, 2.24) is 5.43 Å². The van der Waals surface area contributed by atoms with Crippen LogP contribution in [-0.2, 0) is 14.8 Å². The number of sulfonamides is 1. The number of amides is 1. The Labute approximate surface area is 171 Å². The van der Waals surface area contributed by atoms with Crippen molar-refractivity contribution in [3.05, 3.63) is 54.1 Å². The van der Waals surface area contributed by atoms with Crippen LogP contribution in [-0.4, -0.2) is 33.7 Å². The molecular formula is C21H25N3O4S. The van der Waals surface area contributed by atoms with Crippen molar-refractivity contribution in [2.45, 2.75) is 37.5 Å². The number of carbonyl (C=O) groups excluding carboxylic acids is 1. The third kappa shape index (κ3) is 5.14. The Bertz CT molecular complexity index is 976. The molecule has 1 fully saturated rings. The molecule has 0 aliphatic heterocycles. The second kappa shape index (κ2) is 9.09. The molecule has 0 aromatic heterocycles. The molecule has 2 aromatic carbocycles. The van der Waals surface area contributed by atoms with Crippen LogP contribution < -0.4 is 14.5 Å². The highest BCUT2D eigenvalue weighted by atomic mass is 32.2. The van der Waals surface area contributed by atoms with Gasteiger partial charge in [0.15, 0.2) is 0 Å². The van der Waals surface area contributed by atoms with Gasteiger partial charge >= 0.3 is 0 Å². The van der Waals surface area contributed by atoms with Gasteiger partial charge in [0.05, 0.1) is 17.7 Å². The largest absolute Gasteiger partial charge is 0.497 e. The topological polar surface area (TPSA) is 88.1 Å². The molecule has 0 atom stereocenters. The van der Waals surface area contributed by atoms with E-state index in [4.69, 9.17) is 4.74 Å². The molecule has 1 saturated carbocycles. The molecule has 1 aliphatic carbocycles. The van der Waals surface area contributed by atoms with E-state index < -0.39 is 15.9 Å². The van der Waals surface area contributed by atoms with Crippen LogP contribution in [0.4, 0.5) is 5.69 Å². The van der Waals surface area contributed by atoms with Gasteiger partial charge in [-0.3, -0.25) is 9.10 Å². The molecule has 0 radical (unpaired) electrons. The summed E-state index contributed by atoms with van der Waals surface area (Å²) in [5.74, 6) is 0.106. The minimum absolute atomic E-state index is 0.119. The number of rotatable bonds is 7. The van der Waals surface area contributed by atoms with Crippen molar-refractivity contribution in [2.75, 3.05) is 18.0 Å². The van der Waals surface area contributed by atoms with Crippen LogP contribution in [0.15, 0.2) is 58.5 Å². The zero-order valence-corrected chi connectivity index (χ0v) is 17.4. The molecule has 1 N–H and O–H groups in total. The molecule has 2 aromatic rings. The molecule has 1 aliphatic rings. The van der Waals surface area contributed by atoms with E-state index in [1.165, 1.54) is 19.2 Å². The van der Waals surface area contributed by atoms with E-state index in [1.807, 2.05) is 6.92 Å². The molecule has 7 nitrogen and oxygen atoms in total. The monoisotopic (exact) mass is 415 g/mol. The summed E-state index contributed by atoms with van der Waals surface area (Å²) in [6, 6.07) is 13.1. The average molecular weight is 416 g/mol. The number of carbonyl (C=O) groups is 1. The number of aryl methyl sites for hydroxylation is 1. The highest BCUT2D eigenvalue weighted by Gasteiger charge is 2.27. The molecule has 0 unspecified atom stereocenters. The number of nitrogens with zero attached hydrogens (tertiary/aromatic N) is 2. The van der Waals surface area contributed by atoms with Gasteiger partial charge in [-0.15, -0.1) is 0 Å². The van der Waals surface area contributed by atoms with Crippen molar-refractivity contribution in [1.29, 1.82) is 0 Å². The number of anilines is 1. The Kier molecular flexibility index (Phi) is 6.53. The Hall–Kier alpha value is -2.87. The first-order chi connectivity index (χ1) is 13.9. The van der Waals surface area contributed by atoms with Gasteiger partial charge in [0.25, 0.3) is 15.9 Å². The van der Waals surface area contributed by atoms with E-state index in [-0.39, 0.29) is 11.4 Å². The van der Waals surface area contributed by atoms with Crippen LogP contribution in [0.3, 0.4) is 0 Å². The van der Waals surface area contributed by atoms with Crippen LogP contribution in [0.5, 0.6) is 5.75 Å². The van der Waals surface area contributed by atoms with E-state index in [9.17, 15) is 13.2 Å². The summed E-state index contributed by atoms with van der Waals surface area (Å²) >= 11 is 0. The van der Waals surface area contributed by atoms with Gasteiger partial charge in [-0.1, -0.05) is 17.7 Å². The predicted octanol–water partition coefficient (Wildman–Crippen LogP) is 3.25. The fourth-order valence-electron chi connectivity index (χ4n) is 3.10. The number of ether oxygens (including phenoxy) is 1. The van der Waals surface area contributed by atoms with Gasteiger partial charge in [-0.25, -0.2) is 13.8 Å². The lowest BCUT2D eigenvalue weighted by molar-refractivity contribution is -0.119. The van der Waals surface area contributed by atoms with Crippen LogP contribution in [0.2, 0.25) is 0 Å². The summed E-state index contributed by atoms with van der Waals surface area (Å²) < 4.78 is 32.8. The molecule has 29 heavy (non-hydrogen) atoms. The van der Waals surface area contributed by atoms with E-state index in [0.717, 1.165) is 41.3 Å². The second-order valence-corrected chi connectivity index (χ2v) is 8.81. The summed E-state index contributed by atoms with van der Waals surface area (Å²) in [5, 5.41) is 4.14. The standard InChI is InChI=1S/C21H25N3O4S/c1-16-7-13-20(14-8-16)29(26,27)24(18-9-11-19(28-2)12-10-18)15-21(25)23-22-17-5-3-4-6-17/h7-14H,3-6,15H2,1-2H3,(H,23,25). The van der Waals surface area contributed by atoms with E-state index >= 15 is 0 Å². The Morgan fingerprint density at radius 2 is 1.69 bits per heavy atom. The van der Waals surface area contributed by atoms with Crippen LogP contribution in [0, 0.1) is 6.92 Å². The Morgan fingerprint density at radius 3 is 2.28 bits per heavy atom. The van der Waals surface area contributed by atoms with E-state index in [0.29, 0.717) is 11.4 Å². The lowest BCUT2D eigenvalue weighted by Gasteiger charge is -2.24. The van der Waals surface area contributed by atoms with Crippen molar-refractivity contribution >= 4 is 27.3 Å². The number of benzene rings is 2. The van der Waals surface area contributed by atoms with Gasteiger partial charge in [-0.2, -0.15) is 5.10 Å². The third-order valence-electron chi connectivity index (χ3n) is 4.78. The molecule has 0 bridgehead atoms. The normalized spacial score (nSPS) is 13.8. The quantitative estimate of drug-likeness (QED) is 0.703. The summed E-state index contributed by atoms with van der Waals surface area (Å²) in [7, 11) is -2.41. The number of hydrogen-bond acceptors (Lipinski definition) is 5. The molecule has 154 valence electrons. The van der Waals surface area contributed by atoms with Gasteiger partial charge in [0, 0.05) is 5.71 Å². The first kappa shape index (κ1) is 20.9. The number of hydrazone groups is 1. The molecule has 1 amide bonds. The molecule has 3 rings (SSSR count). The van der Waals surface area contributed by atoms with Crippen molar-refractivity contribution in [3.8, 4) is 5.75 Å². The highest BCUT2D eigenvalue weighted by Crippen LogP contribution is 2.26. The maximum atomic E-state index is 13.3. The molecule has 0 heterocycles. The van der Waals surface area contributed by atoms with Crippen molar-refractivity contribution < 1.29 is 17.9 Å². The molecule has 0 spiro atoms. The smallest absolute Gasteiger partial charge is 0.264 e. The average Bonchev–Trinajstić information content (AvgIpc) is 3.24. The van der Waals surface area contributed by atoms with Gasteiger partial charge in [0.2, 0.25) is 0 Å². The van der Waals surface area contributed by atoms with Crippen LogP contribution in [0.25, 0.3) is 0 Å². The maximum absolute atomic E-state index is 13.3. The van der Waals surface area contributed by atoms with Crippen molar-refractivity contribution in [2.24, 2.45) is 5.10 Å². The minimum atomic E-state index is -3.94. The lowest BCUT2D eigenvalue weighted by Crippen LogP contribution is -2.39. The van der Waals surface area contributed by atoms with Gasteiger partial charge in [-0.05, 0) is 69.0 Å². The van der Waals surface area contributed by atoms with Crippen molar-refractivity contribution in [3.63, 3.8) is 0 Å². The number of methoxy groups -OCH3 is 1. The van der Waals surface area contributed by atoms with E-state index in [1.54, 1.807) is 36.4 Å². The first-order valence-corrected chi connectivity index (χ1v) is 10.9. The van der Waals surface area contributed by atoms with Gasteiger partial charge < -0.3 is 4.74 Å². The first-order valence-electron chi connectivity index (χ1n) is 9.48. The van der Waals surface area contributed by atoms with Crippen LogP contribution in [0.1, 0.15) is 31.2 Å². The zero-order valence-electron chi connectivity index (χ0n) is 16.6. The molecule has 0 saturated heterocycles. The lowest BCUT2D eigenvalue weighted by atomic mass is 10.2. The minimum Gasteiger partial charge on any atom is -0.497 e.